The predicted molar refractivity (Wildman–Crippen MR) is 134 cm³/mol. The van der Waals surface area contributed by atoms with Crippen LogP contribution in [0.4, 0.5) is 34.9 Å². The van der Waals surface area contributed by atoms with E-state index in [0.717, 1.165) is 37.9 Å². The van der Waals surface area contributed by atoms with Gasteiger partial charge in [0.05, 0.1) is 16.8 Å². The highest BCUT2D eigenvalue weighted by Gasteiger charge is 2.34. The Labute approximate surface area is 208 Å². The normalized spacial score (nSPS) is 14.4. The van der Waals surface area contributed by atoms with E-state index < -0.39 is 17.6 Å². The Morgan fingerprint density at radius 2 is 1.59 bits per heavy atom. The summed E-state index contributed by atoms with van der Waals surface area (Å²) in [6, 6.07) is 15.4. The van der Waals surface area contributed by atoms with E-state index in [1.165, 1.54) is 24.3 Å². The molecule has 188 valence electrons. The van der Waals surface area contributed by atoms with E-state index in [2.05, 4.69) is 35.7 Å². The first-order chi connectivity index (χ1) is 17.9. The molecular weight excluding hydrogens is 486 g/mol. The molecule has 0 spiro atoms. The lowest BCUT2D eigenvalue weighted by Crippen LogP contribution is -2.43. The van der Waals surface area contributed by atoms with Gasteiger partial charge < -0.3 is 15.5 Å². The number of H-pyrrole nitrogens is 1. The summed E-state index contributed by atoms with van der Waals surface area (Å²) in [6.07, 6.45) is -4.59. The summed E-state index contributed by atoms with van der Waals surface area (Å²) in [5, 5.41) is 14.4. The summed E-state index contributed by atoms with van der Waals surface area (Å²) in [4.78, 5) is 11.3. The number of hydrogen-bond acceptors (Lipinski definition) is 6. The predicted octanol–water partition coefficient (Wildman–Crippen LogP) is 5.48. The highest BCUT2D eigenvalue weighted by Crippen LogP contribution is 2.39. The van der Waals surface area contributed by atoms with Crippen LogP contribution in [0.3, 0.4) is 0 Å². The zero-order valence-electron chi connectivity index (χ0n) is 19.4. The standard InChI is InChI=1S/C26H21F4N7/c27-19-9-3-6-16-21(19)35-36-25(16)34-24-17-7-4-10-20(37-13-11-31-12-14-37)22(17)32-23(33-24)15-5-1-2-8-18(15)26(28,29)30/h1-10,31H,11-14H2,(H2,32,33,34,35,36). The second-order valence-corrected chi connectivity index (χ2v) is 8.71. The molecule has 0 saturated carbocycles. The fraction of sp³-hybridized carbons (Fsp3) is 0.192. The average molecular weight is 507 g/mol. The molecule has 1 fully saturated rings. The number of para-hydroxylation sites is 2. The van der Waals surface area contributed by atoms with Gasteiger partial charge >= 0.3 is 6.18 Å². The van der Waals surface area contributed by atoms with Gasteiger partial charge in [-0.3, -0.25) is 5.10 Å². The van der Waals surface area contributed by atoms with Gasteiger partial charge in [0.15, 0.2) is 11.6 Å². The first-order valence-corrected chi connectivity index (χ1v) is 11.7. The zero-order chi connectivity index (χ0) is 25.6. The van der Waals surface area contributed by atoms with E-state index in [-0.39, 0.29) is 22.7 Å². The van der Waals surface area contributed by atoms with Crippen molar-refractivity contribution in [2.24, 2.45) is 0 Å². The minimum absolute atomic E-state index is 0.0727. The zero-order valence-corrected chi connectivity index (χ0v) is 19.4. The Hall–Kier alpha value is -4.25. The van der Waals surface area contributed by atoms with Crippen LogP contribution in [0.15, 0.2) is 60.7 Å². The van der Waals surface area contributed by atoms with Crippen LogP contribution in [-0.2, 0) is 6.18 Å². The molecule has 1 aliphatic heterocycles. The fourth-order valence-corrected chi connectivity index (χ4v) is 4.65. The Balaban J connectivity index is 1.58. The van der Waals surface area contributed by atoms with Crippen molar-refractivity contribution < 1.29 is 17.6 Å². The van der Waals surface area contributed by atoms with Crippen LogP contribution in [0.2, 0.25) is 0 Å². The van der Waals surface area contributed by atoms with Gasteiger partial charge in [-0.1, -0.05) is 30.3 Å². The Bertz CT molecular complexity index is 1610. The molecule has 0 bridgehead atoms. The lowest BCUT2D eigenvalue weighted by atomic mass is 10.1. The summed E-state index contributed by atoms with van der Waals surface area (Å²) in [6.45, 7) is 3.01. The maximum Gasteiger partial charge on any atom is 0.417 e. The second kappa shape index (κ2) is 9.00. The number of piperazine rings is 1. The van der Waals surface area contributed by atoms with E-state index in [1.807, 2.05) is 12.1 Å². The molecule has 2 aromatic heterocycles. The molecule has 0 amide bonds. The van der Waals surface area contributed by atoms with Gasteiger partial charge in [-0.2, -0.15) is 18.3 Å². The quantitative estimate of drug-likeness (QED) is 0.280. The molecule has 1 aliphatic rings. The molecule has 3 N–H and O–H groups in total. The maximum absolute atomic E-state index is 14.2. The number of benzene rings is 3. The van der Waals surface area contributed by atoms with Gasteiger partial charge in [0.2, 0.25) is 0 Å². The Morgan fingerprint density at radius 3 is 2.41 bits per heavy atom. The molecule has 5 aromatic rings. The third-order valence-electron chi connectivity index (χ3n) is 6.42. The van der Waals surface area contributed by atoms with Gasteiger partial charge in [-0.15, -0.1) is 0 Å². The van der Waals surface area contributed by atoms with Gasteiger partial charge in [0.25, 0.3) is 0 Å². The molecule has 7 nitrogen and oxygen atoms in total. The molecule has 1 saturated heterocycles. The van der Waals surface area contributed by atoms with Crippen molar-refractivity contribution in [1.82, 2.24) is 25.5 Å². The van der Waals surface area contributed by atoms with Crippen LogP contribution in [0.25, 0.3) is 33.2 Å². The van der Waals surface area contributed by atoms with Crippen molar-refractivity contribution >= 4 is 39.1 Å². The number of aromatic amines is 1. The number of rotatable bonds is 4. The molecule has 0 unspecified atom stereocenters. The van der Waals surface area contributed by atoms with Gasteiger partial charge in [-0.25, -0.2) is 14.4 Å². The van der Waals surface area contributed by atoms with Crippen molar-refractivity contribution in [1.29, 1.82) is 0 Å². The van der Waals surface area contributed by atoms with E-state index in [0.29, 0.717) is 22.1 Å². The molecule has 6 rings (SSSR count). The summed E-state index contributed by atoms with van der Waals surface area (Å²) < 4.78 is 56.0. The topological polar surface area (TPSA) is 81.8 Å². The minimum atomic E-state index is -4.59. The molecule has 3 aromatic carbocycles. The SMILES string of the molecule is Fc1cccc2c(Nc3nc(-c4ccccc4C(F)(F)F)nc4c(N5CCNCC5)cccc34)n[nH]c12. The first-order valence-electron chi connectivity index (χ1n) is 11.7. The summed E-state index contributed by atoms with van der Waals surface area (Å²) >= 11 is 0. The van der Waals surface area contributed by atoms with Crippen molar-refractivity contribution in [2.75, 3.05) is 36.4 Å². The summed E-state index contributed by atoms with van der Waals surface area (Å²) in [5.74, 6) is 0.0340. The van der Waals surface area contributed by atoms with Gasteiger partial charge in [-0.05, 0) is 30.3 Å². The van der Waals surface area contributed by atoms with Crippen molar-refractivity contribution in [2.45, 2.75) is 6.18 Å². The summed E-state index contributed by atoms with van der Waals surface area (Å²) in [5.41, 5.74) is 0.570. The number of aromatic nitrogens is 4. The largest absolute Gasteiger partial charge is 0.417 e. The number of halogens is 4. The third-order valence-corrected chi connectivity index (χ3v) is 6.42. The van der Waals surface area contributed by atoms with E-state index in [1.54, 1.807) is 18.2 Å². The number of nitrogens with one attached hydrogen (secondary N) is 3. The Morgan fingerprint density at radius 1 is 0.838 bits per heavy atom. The third kappa shape index (κ3) is 4.20. The van der Waals surface area contributed by atoms with Crippen LogP contribution in [0.5, 0.6) is 0 Å². The van der Waals surface area contributed by atoms with Crippen LogP contribution < -0.4 is 15.5 Å². The van der Waals surface area contributed by atoms with Crippen LogP contribution >= 0.6 is 0 Å². The van der Waals surface area contributed by atoms with Gasteiger partial charge in [0, 0.05) is 42.5 Å². The Kier molecular flexibility index (Phi) is 5.64. The maximum atomic E-state index is 14.2. The molecular formula is C26H21F4N7. The number of fused-ring (bicyclic) bond motifs is 2. The molecule has 11 heteroatoms. The van der Waals surface area contributed by atoms with Gasteiger partial charge in [0.1, 0.15) is 17.2 Å². The first kappa shape index (κ1) is 23.2. The van der Waals surface area contributed by atoms with Crippen LogP contribution in [0.1, 0.15) is 5.56 Å². The number of hydrogen-bond donors (Lipinski definition) is 3. The molecule has 0 aliphatic carbocycles. The number of nitrogens with zero attached hydrogens (tertiary/aromatic N) is 4. The van der Waals surface area contributed by atoms with E-state index in [4.69, 9.17) is 0 Å². The monoisotopic (exact) mass is 507 g/mol. The highest BCUT2D eigenvalue weighted by atomic mass is 19.4. The average Bonchev–Trinajstić information content (AvgIpc) is 3.32. The number of anilines is 3. The van der Waals surface area contributed by atoms with E-state index in [9.17, 15) is 17.6 Å². The van der Waals surface area contributed by atoms with Crippen LogP contribution in [-0.4, -0.2) is 46.3 Å². The molecule has 0 atom stereocenters. The van der Waals surface area contributed by atoms with Crippen molar-refractivity contribution in [3.8, 4) is 11.4 Å². The number of alkyl halides is 3. The molecule has 3 heterocycles. The smallest absolute Gasteiger partial charge is 0.367 e. The summed E-state index contributed by atoms with van der Waals surface area (Å²) in [7, 11) is 0. The van der Waals surface area contributed by atoms with Crippen LogP contribution in [0, 0.1) is 5.82 Å². The second-order valence-electron chi connectivity index (χ2n) is 8.71. The highest BCUT2D eigenvalue weighted by molar-refractivity contribution is 6.01. The minimum Gasteiger partial charge on any atom is -0.367 e. The fourth-order valence-electron chi connectivity index (χ4n) is 4.65. The van der Waals surface area contributed by atoms with Crippen molar-refractivity contribution in [3.63, 3.8) is 0 Å². The lowest BCUT2D eigenvalue weighted by Gasteiger charge is -2.30. The van der Waals surface area contributed by atoms with Crippen molar-refractivity contribution in [3.05, 3.63) is 72.0 Å². The van der Waals surface area contributed by atoms with E-state index >= 15 is 0 Å². The molecule has 0 radical (unpaired) electrons. The lowest BCUT2D eigenvalue weighted by molar-refractivity contribution is -0.137. The molecule has 37 heavy (non-hydrogen) atoms.